The summed E-state index contributed by atoms with van der Waals surface area (Å²) in [5.41, 5.74) is -1.49. The monoisotopic (exact) mass is 236 g/mol. The lowest BCUT2D eigenvalue weighted by molar-refractivity contribution is -0.262. The van der Waals surface area contributed by atoms with Crippen LogP contribution in [0.3, 0.4) is 0 Å². The Morgan fingerprint density at radius 3 is 1.94 bits per heavy atom. The summed E-state index contributed by atoms with van der Waals surface area (Å²) in [6, 6.07) is 0. The Balaban J connectivity index is 2.76. The summed E-state index contributed by atoms with van der Waals surface area (Å²) < 4.78 is 39.2. The molecule has 16 heavy (non-hydrogen) atoms. The van der Waals surface area contributed by atoms with E-state index in [9.17, 15) is 13.2 Å². The zero-order valence-electron chi connectivity index (χ0n) is 10.6. The molecule has 3 heteroatoms. The van der Waals surface area contributed by atoms with E-state index in [1.807, 2.05) is 13.8 Å². The molecule has 0 N–H and O–H groups in total. The summed E-state index contributed by atoms with van der Waals surface area (Å²) in [5, 5.41) is 0. The van der Waals surface area contributed by atoms with Gasteiger partial charge in [-0.3, -0.25) is 0 Å². The van der Waals surface area contributed by atoms with Crippen molar-refractivity contribution in [3.63, 3.8) is 0 Å². The molecule has 1 unspecified atom stereocenters. The van der Waals surface area contributed by atoms with Crippen molar-refractivity contribution >= 4 is 0 Å². The highest BCUT2D eigenvalue weighted by Gasteiger charge is 2.59. The van der Waals surface area contributed by atoms with Crippen LogP contribution in [0.2, 0.25) is 0 Å². The van der Waals surface area contributed by atoms with E-state index in [1.165, 1.54) is 0 Å². The molecular weight excluding hydrogens is 213 g/mol. The van der Waals surface area contributed by atoms with Gasteiger partial charge in [0.05, 0.1) is 5.41 Å². The molecule has 1 fully saturated rings. The fraction of sp³-hybridized carbons (Fsp3) is 1.00. The standard InChI is InChI=1S/C13H23F3/c1-4-7-11(3,5-2)10-12(8-6-9-12)13(14,15)16/h4-10H2,1-3H3. The fourth-order valence-corrected chi connectivity index (χ4v) is 2.97. The number of alkyl halides is 3. The normalized spacial score (nSPS) is 23.6. The molecule has 0 bridgehead atoms. The first-order valence-electron chi connectivity index (χ1n) is 6.35. The molecule has 0 amide bonds. The summed E-state index contributed by atoms with van der Waals surface area (Å²) in [5.74, 6) is 0. The van der Waals surface area contributed by atoms with Crippen LogP contribution >= 0.6 is 0 Å². The van der Waals surface area contributed by atoms with Gasteiger partial charge in [-0.2, -0.15) is 13.2 Å². The predicted octanol–water partition coefficient (Wildman–Crippen LogP) is 5.33. The molecule has 1 saturated carbocycles. The van der Waals surface area contributed by atoms with Crippen LogP contribution in [0.25, 0.3) is 0 Å². The van der Waals surface area contributed by atoms with Crippen LogP contribution in [0.4, 0.5) is 13.2 Å². The van der Waals surface area contributed by atoms with Crippen LogP contribution in [0.5, 0.6) is 0 Å². The van der Waals surface area contributed by atoms with E-state index in [2.05, 4.69) is 6.92 Å². The SMILES string of the molecule is CCCC(C)(CC)CC1(C(F)(F)F)CCC1. The van der Waals surface area contributed by atoms with Gasteiger partial charge < -0.3 is 0 Å². The van der Waals surface area contributed by atoms with Gasteiger partial charge in [0.25, 0.3) is 0 Å². The number of hydrogen-bond acceptors (Lipinski definition) is 0. The van der Waals surface area contributed by atoms with Gasteiger partial charge in [0, 0.05) is 0 Å². The Morgan fingerprint density at radius 1 is 1.12 bits per heavy atom. The van der Waals surface area contributed by atoms with Crippen molar-refractivity contribution in [2.45, 2.75) is 71.9 Å². The molecule has 0 radical (unpaired) electrons. The van der Waals surface area contributed by atoms with E-state index < -0.39 is 11.6 Å². The van der Waals surface area contributed by atoms with Gasteiger partial charge in [-0.15, -0.1) is 0 Å². The molecule has 1 rings (SSSR count). The Hall–Kier alpha value is -0.210. The van der Waals surface area contributed by atoms with Gasteiger partial charge in [-0.25, -0.2) is 0 Å². The molecule has 1 aliphatic carbocycles. The van der Waals surface area contributed by atoms with Crippen LogP contribution in [0.1, 0.15) is 65.7 Å². The number of halogens is 3. The summed E-state index contributed by atoms with van der Waals surface area (Å²) in [6.07, 6.45) is 0.471. The largest absolute Gasteiger partial charge is 0.394 e. The Bertz CT molecular complexity index is 228. The smallest absolute Gasteiger partial charge is 0.171 e. The predicted molar refractivity (Wildman–Crippen MR) is 60.3 cm³/mol. The molecule has 0 heterocycles. The van der Waals surface area contributed by atoms with Crippen LogP contribution in [-0.2, 0) is 0 Å². The minimum atomic E-state index is -4.00. The van der Waals surface area contributed by atoms with Gasteiger partial charge in [-0.1, -0.05) is 40.0 Å². The maximum atomic E-state index is 13.1. The Morgan fingerprint density at radius 2 is 1.69 bits per heavy atom. The molecule has 0 nitrogen and oxygen atoms in total. The molecule has 0 aromatic heterocycles. The second-order valence-corrected chi connectivity index (χ2v) is 5.72. The molecule has 1 aliphatic rings. The molecule has 1 atom stereocenters. The molecule has 0 aliphatic heterocycles. The summed E-state index contributed by atoms with van der Waals surface area (Å²) >= 11 is 0. The molecule has 96 valence electrons. The third-order valence-corrected chi connectivity index (χ3v) is 4.38. The van der Waals surface area contributed by atoms with Crippen molar-refractivity contribution in [2.24, 2.45) is 10.8 Å². The van der Waals surface area contributed by atoms with Crippen molar-refractivity contribution in [1.82, 2.24) is 0 Å². The first kappa shape index (κ1) is 13.9. The minimum Gasteiger partial charge on any atom is -0.171 e. The quantitative estimate of drug-likeness (QED) is 0.605. The highest BCUT2D eigenvalue weighted by atomic mass is 19.4. The summed E-state index contributed by atoms with van der Waals surface area (Å²) in [4.78, 5) is 0. The lowest BCUT2D eigenvalue weighted by atomic mass is 9.59. The Labute approximate surface area is 96.6 Å². The van der Waals surface area contributed by atoms with Gasteiger partial charge in [-0.05, 0) is 31.1 Å². The first-order valence-corrected chi connectivity index (χ1v) is 6.35. The molecule has 0 aromatic rings. The molecule has 0 spiro atoms. The molecule has 0 aromatic carbocycles. The van der Waals surface area contributed by atoms with Crippen LogP contribution < -0.4 is 0 Å². The van der Waals surface area contributed by atoms with Crippen LogP contribution in [-0.4, -0.2) is 6.18 Å². The second-order valence-electron chi connectivity index (χ2n) is 5.72. The highest BCUT2D eigenvalue weighted by Crippen LogP contribution is 2.59. The average molecular weight is 236 g/mol. The maximum Gasteiger partial charge on any atom is 0.394 e. The summed E-state index contributed by atoms with van der Waals surface area (Å²) in [7, 11) is 0. The van der Waals surface area contributed by atoms with Crippen LogP contribution in [0.15, 0.2) is 0 Å². The van der Waals surface area contributed by atoms with Gasteiger partial charge in [0.2, 0.25) is 0 Å². The lowest BCUT2D eigenvalue weighted by Gasteiger charge is -2.48. The fourth-order valence-electron chi connectivity index (χ4n) is 2.97. The first-order chi connectivity index (χ1) is 7.29. The van der Waals surface area contributed by atoms with Crippen molar-refractivity contribution in [2.75, 3.05) is 0 Å². The van der Waals surface area contributed by atoms with E-state index in [0.29, 0.717) is 19.3 Å². The topological polar surface area (TPSA) is 0 Å². The minimum absolute atomic E-state index is 0.134. The van der Waals surface area contributed by atoms with E-state index >= 15 is 0 Å². The van der Waals surface area contributed by atoms with Gasteiger partial charge in [0.1, 0.15) is 0 Å². The maximum absolute atomic E-state index is 13.1. The highest BCUT2D eigenvalue weighted by molar-refractivity contribution is 4.97. The third-order valence-electron chi connectivity index (χ3n) is 4.38. The second kappa shape index (κ2) is 4.58. The number of hydrogen-bond donors (Lipinski definition) is 0. The lowest BCUT2D eigenvalue weighted by Crippen LogP contribution is -2.47. The van der Waals surface area contributed by atoms with Gasteiger partial charge in [0.15, 0.2) is 0 Å². The van der Waals surface area contributed by atoms with E-state index in [4.69, 9.17) is 0 Å². The van der Waals surface area contributed by atoms with Crippen LogP contribution in [0, 0.1) is 10.8 Å². The third kappa shape index (κ3) is 2.54. The van der Waals surface area contributed by atoms with E-state index in [0.717, 1.165) is 25.7 Å². The average Bonchev–Trinajstić information content (AvgIpc) is 2.10. The zero-order valence-corrected chi connectivity index (χ0v) is 10.6. The molecular formula is C13H23F3. The number of rotatable bonds is 5. The molecule has 0 saturated heterocycles. The van der Waals surface area contributed by atoms with Crippen molar-refractivity contribution in [1.29, 1.82) is 0 Å². The van der Waals surface area contributed by atoms with E-state index in [1.54, 1.807) is 0 Å². The Kier molecular flexibility index (Phi) is 3.96. The van der Waals surface area contributed by atoms with Gasteiger partial charge >= 0.3 is 6.18 Å². The zero-order chi connectivity index (χ0) is 12.4. The van der Waals surface area contributed by atoms with Crippen molar-refractivity contribution in [3.05, 3.63) is 0 Å². The van der Waals surface area contributed by atoms with E-state index in [-0.39, 0.29) is 5.41 Å². The van der Waals surface area contributed by atoms with Crippen molar-refractivity contribution in [3.8, 4) is 0 Å². The van der Waals surface area contributed by atoms with Crippen molar-refractivity contribution < 1.29 is 13.2 Å². The summed E-state index contributed by atoms with van der Waals surface area (Å²) in [6.45, 7) is 6.08.